The van der Waals surface area contributed by atoms with Crippen molar-refractivity contribution in [3.8, 4) is 0 Å². The van der Waals surface area contributed by atoms with E-state index in [1.54, 1.807) is 0 Å². The van der Waals surface area contributed by atoms with E-state index in [4.69, 9.17) is 4.74 Å². The van der Waals surface area contributed by atoms with Crippen LogP contribution in [0.5, 0.6) is 0 Å². The fourth-order valence-electron chi connectivity index (χ4n) is 4.32. The lowest BCUT2D eigenvalue weighted by Gasteiger charge is -2.48. The minimum absolute atomic E-state index is 0.0872. The predicted molar refractivity (Wildman–Crippen MR) is 86.0 cm³/mol. The normalized spacial score (nSPS) is 30.5. The van der Waals surface area contributed by atoms with E-state index >= 15 is 0 Å². The molecule has 0 radical (unpaired) electrons. The summed E-state index contributed by atoms with van der Waals surface area (Å²) in [5.41, 5.74) is 2.76. The second kappa shape index (κ2) is 5.89. The number of rotatable bonds is 1. The number of nitrogens with one attached hydrogen (secondary N) is 1. The van der Waals surface area contributed by atoms with Crippen molar-refractivity contribution in [2.45, 2.75) is 38.6 Å². The van der Waals surface area contributed by atoms with Crippen molar-refractivity contribution in [3.63, 3.8) is 0 Å². The minimum atomic E-state index is -0.316. The highest BCUT2D eigenvalue weighted by molar-refractivity contribution is 5.96. The Morgan fingerprint density at radius 3 is 3.17 bits per heavy atom. The average Bonchev–Trinajstić information content (AvgIpc) is 3.06. The summed E-state index contributed by atoms with van der Waals surface area (Å²) in [6.07, 6.45) is 2.40. The van der Waals surface area contributed by atoms with Gasteiger partial charge in [0.15, 0.2) is 0 Å². The van der Waals surface area contributed by atoms with Crippen LogP contribution in [0.15, 0.2) is 18.2 Å². The standard InChI is InChI=1S/C18H24N2O3/c21-16-5-7-19-11-18(16)6-2-8-20(12-18)17(22)14-4-1-3-13-9-23-10-15(13)14/h1,3-4,16,19,21H,2,5-12H2/t16-,18-/m0/s1. The van der Waals surface area contributed by atoms with Crippen LogP contribution in [-0.2, 0) is 18.0 Å². The summed E-state index contributed by atoms with van der Waals surface area (Å²) in [6.45, 7) is 4.21. The molecule has 0 saturated carbocycles. The van der Waals surface area contributed by atoms with Gasteiger partial charge in [-0.15, -0.1) is 0 Å². The fourth-order valence-corrected chi connectivity index (χ4v) is 4.32. The van der Waals surface area contributed by atoms with Gasteiger partial charge < -0.3 is 20.1 Å². The molecular weight excluding hydrogens is 292 g/mol. The molecule has 0 aromatic heterocycles. The minimum Gasteiger partial charge on any atom is -0.392 e. The van der Waals surface area contributed by atoms with Crippen LogP contribution in [0, 0.1) is 5.41 Å². The summed E-state index contributed by atoms with van der Waals surface area (Å²) in [6, 6.07) is 5.88. The average molecular weight is 316 g/mol. The highest BCUT2D eigenvalue weighted by Crippen LogP contribution is 2.37. The summed E-state index contributed by atoms with van der Waals surface area (Å²) < 4.78 is 5.50. The third kappa shape index (κ3) is 2.57. The lowest BCUT2D eigenvalue weighted by molar-refractivity contribution is -0.0433. The van der Waals surface area contributed by atoms with Crippen molar-refractivity contribution in [1.82, 2.24) is 10.2 Å². The number of nitrogens with zero attached hydrogens (tertiary/aromatic N) is 1. The second-order valence-electron chi connectivity index (χ2n) is 7.11. The number of ether oxygens (including phenoxy) is 1. The smallest absolute Gasteiger partial charge is 0.254 e. The third-order valence-electron chi connectivity index (χ3n) is 5.68. The van der Waals surface area contributed by atoms with E-state index < -0.39 is 0 Å². The lowest BCUT2D eigenvalue weighted by Crippen LogP contribution is -2.58. The van der Waals surface area contributed by atoms with Gasteiger partial charge in [-0.25, -0.2) is 0 Å². The zero-order chi connectivity index (χ0) is 15.9. The van der Waals surface area contributed by atoms with E-state index in [-0.39, 0.29) is 17.4 Å². The molecule has 2 fully saturated rings. The fraction of sp³-hybridized carbons (Fsp3) is 0.611. The molecule has 0 aliphatic carbocycles. The van der Waals surface area contributed by atoms with Crippen molar-refractivity contribution in [3.05, 3.63) is 34.9 Å². The molecule has 1 aromatic rings. The molecular formula is C18H24N2O3. The van der Waals surface area contributed by atoms with E-state index in [0.29, 0.717) is 19.8 Å². The van der Waals surface area contributed by atoms with Crippen molar-refractivity contribution in [2.24, 2.45) is 5.41 Å². The maximum atomic E-state index is 13.1. The number of benzene rings is 1. The quantitative estimate of drug-likeness (QED) is 0.820. The van der Waals surface area contributed by atoms with E-state index in [1.807, 2.05) is 23.1 Å². The lowest BCUT2D eigenvalue weighted by atomic mass is 9.72. The number of likely N-dealkylation sites (tertiary alicyclic amines) is 1. The molecule has 4 rings (SSSR count). The van der Waals surface area contributed by atoms with E-state index in [1.165, 1.54) is 0 Å². The van der Waals surface area contributed by atoms with Crippen LogP contribution in [0.1, 0.15) is 40.7 Å². The number of hydrogen-bond acceptors (Lipinski definition) is 4. The second-order valence-corrected chi connectivity index (χ2v) is 7.11. The van der Waals surface area contributed by atoms with Crippen LogP contribution < -0.4 is 5.32 Å². The summed E-state index contributed by atoms with van der Waals surface area (Å²) in [5.74, 6) is 0.0872. The maximum absolute atomic E-state index is 13.1. The number of carbonyl (C=O) groups is 1. The Hall–Kier alpha value is -1.43. The largest absolute Gasteiger partial charge is 0.392 e. The van der Waals surface area contributed by atoms with Crippen molar-refractivity contribution >= 4 is 5.91 Å². The van der Waals surface area contributed by atoms with Crippen LogP contribution in [0.4, 0.5) is 0 Å². The van der Waals surface area contributed by atoms with Gasteiger partial charge >= 0.3 is 0 Å². The zero-order valence-corrected chi connectivity index (χ0v) is 13.4. The number of piperidine rings is 2. The molecule has 5 heteroatoms. The van der Waals surface area contributed by atoms with Gasteiger partial charge in [-0.05, 0) is 43.0 Å². The summed E-state index contributed by atoms with van der Waals surface area (Å²) >= 11 is 0. The van der Waals surface area contributed by atoms with Gasteiger partial charge in [0.25, 0.3) is 5.91 Å². The van der Waals surface area contributed by atoms with Crippen molar-refractivity contribution < 1.29 is 14.6 Å². The number of aliphatic hydroxyl groups is 1. The molecule has 2 saturated heterocycles. The Kier molecular flexibility index (Phi) is 3.87. The number of amides is 1. The number of fused-ring (bicyclic) bond motifs is 1. The maximum Gasteiger partial charge on any atom is 0.254 e. The number of carbonyl (C=O) groups excluding carboxylic acids is 1. The first-order valence-electron chi connectivity index (χ1n) is 8.56. The summed E-state index contributed by atoms with van der Waals surface area (Å²) in [4.78, 5) is 15.0. The molecule has 2 atom stereocenters. The van der Waals surface area contributed by atoms with Crippen LogP contribution >= 0.6 is 0 Å². The molecule has 23 heavy (non-hydrogen) atoms. The molecule has 0 unspecified atom stereocenters. The molecule has 3 aliphatic heterocycles. The summed E-state index contributed by atoms with van der Waals surface area (Å²) in [7, 11) is 0. The van der Waals surface area contributed by atoms with Gasteiger partial charge in [-0.2, -0.15) is 0 Å². The van der Waals surface area contributed by atoms with Crippen LogP contribution in [-0.4, -0.2) is 48.2 Å². The Morgan fingerprint density at radius 1 is 1.39 bits per heavy atom. The Balaban J connectivity index is 1.58. The first kappa shape index (κ1) is 15.1. The van der Waals surface area contributed by atoms with Crippen molar-refractivity contribution in [2.75, 3.05) is 26.2 Å². The number of aliphatic hydroxyl groups excluding tert-OH is 1. The topological polar surface area (TPSA) is 61.8 Å². The van der Waals surface area contributed by atoms with Crippen LogP contribution in [0.2, 0.25) is 0 Å². The SMILES string of the molecule is O=C(c1cccc2c1COC2)N1CCC[C@]2(CNCC[C@@H]2O)C1. The van der Waals surface area contributed by atoms with E-state index in [2.05, 4.69) is 5.32 Å². The van der Waals surface area contributed by atoms with Crippen LogP contribution in [0.3, 0.4) is 0 Å². The molecule has 5 nitrogen and oxygen atoms in total. The van der Waals surface area contributed by atoms with Gasteiger partial charge in [0.05, 0.1) is 19.3 Å². The highest BCUT2D eigenvalue weighted by Gasteiger charge is 2.44. The van der Waals surface area contributed by atoms with E-state index in [0.717, 1.165) is 55.6 Å². The monoisotopic (exact) mass is 316 g/mol. The molecule has 124 valence electrons. The van der Waals surface area contributed by atoms with Gasteiger partial charge in [0.2, 0.25) is 0 Å². The third-order valence-corrected chi connectivity index (χ3v) is 5.68. The summed E-state index contributed by atoms with van der Waals surface area (Å²) in [5, 5.41) is 13.9. The Labute approximate surface area is 136 Å². The first-order chi connectivity index (χ1) is 11.2. The van der Waals surface area contributed by atoms with Gasteiger partial charge in [0.1, 0.15) is 0 Å². The zero-order valence-electron chi connectivity index (χ0n) is 13.4. The number of hydrogen-bond donors (Lipinski definition) is 2. The molecule has 1 amide bonds. The van der Waals surface area contributed by atoms with Crippen LogP contribution in [0.25, 0.3) is 0 Å². The predicted octanol–water partition coefficient (Wildman–Crippen LogP) is 1.29. The van der Waals surface area contributed by atoms with E-state index in [9.17, 15) is 9.90 Å². The molecule has 0 bridgehead atoms. The Bertz CT molecular complexity index is 614. The molecule has 3 heterocycles. The molecule has 2 N–H and O–H groups in total. The van der Waals surface area contributed by atoms with Gasteiger partial charge in [0, 0.05) is 30.6 Å². The van der Waals surface area contributed by atoms with Gasteiger partial charge in [-0.1, -0.05) is 12.1 Å². The van der Waals surface area contributed by atoms with Gasteiger partial charge in [-0.3, -0.25) is 4.79 Å². The molecule has 1 spiro atoms. The highest BCUT2D eigenvalue weighted by atomic mass is 16.5. The molecule has 3 aliphatic rings. The molecule has 1 aromatic carbocycles. The van der Waals surface area contributed by atoms with Crippen molar-refractivity contribution in [1.29, 1.82) is 0 Å². The first-order valence-corrected chi connectivity index (χ1v) is 8.56. The Morgan fingerprint density at radius 2 is 2.30 bits per heavy atom.